The quantitative estimate of drug-likeness (QED) is 0.654. The zero-order valence-corrected chi connectivity index (χ0v) is 15.2. The Morgan fingerprint density at radius 2 is 1.89 bits per heavy atom. The Morgan fingerprint density at radius 1 is 1.07 bits per heavy atom. The summed E-state index contributed by atoms with van der Waals surface area (Å²) in [6, 6.07) is 19.6. The summed E-state index contributed by atoms with van der Waals surface area (Å²) in [7, 11) is 1.57. The molecule has 1 amide bonds. The number of fused-ring (bicyclic) bond motifs is 1. The average molecular weight is 359 g/mol. The molecule has 0 aromatic heterocycles. The van der Waals surface area contributed by atoms with Crippen LogP contribution >= 0.6 is 0 Å². The Kier molecular flexibility index (Phi) is 5.96. The van der Waals surface area contributed by atoms with Crippen LogP contribution in [0, 0.1) is 12.3 Å². The van der Waals surface area contributed by atoms with Gasteiger partial charge in [-0.05, 0) is 34.0 Å². The number of nitrogens with one attached hydrogen (secondary N) is 1. The summed E-state index contributed by atoms with van der Waals surface area (Å²) >= 11 is 0. The molecule has 0 radical (unpaired) electrons. The minimum Gasteiger partial charge on any atom is -0.493 e. The van der Waals surface area contributed by atoms with E-state index in [1.54, 1.807) is 13.2 Å². The van der Waals surface area contributed by atoms with Crippen LogP contribution in [0.5, 0.6) is 11.5 Å². The molecule has 0 spiro atoms. The van der Waals surface area contributed by atoms with Crippen LogP contribution in [0.2, 0.25) is 0 Å². The zero-order chi connectivity index (χ0) is 19.1. The van der Waals surface area contributed by atoms with E-state index in [9.17, 15) is 4.79 Å². The molecule has 136 valence electrons. The Bertz CT molecular complexity index is 983. The standard InChI is InChI=1S/C23H21NO3/c1-3-13-27-22-14-17(11-12-21(22)26-2)16-24-23(25)15-19-9-6-8-18-7-4-5-10-20(18)19/h1,4-12,14H,13,15-16H2,2H3,(H,24,25). The molecule has 0 aliphatic heterocycles. The Morgan fingerprint density at radius 3 is 2.70 bits per heavy atom. The molecule has 0 atom stereocenters. The molecule has 27 heavy (non-hydrogen) atoms. The van der Waals surface area contributed by atoms with E-state index in [0.717, 1.165) is 21.9 Å². The van der Waals surface area contributed by atoms with Gasteiger partial charge in [0, 0.05) is 6.54 Å². The van der Waals surface area contributed by atoms with Crippen molar-refractivity contribution in [3.05, 3.63) is 71.8 Å². The first kappa shape index (κ1) is 18.3. The van der Waals surface area contributed by atoms with Crippen molar-refractivity contribution in [1.29, 1.82) is 0 Å². The molecule has 0 saturated carbocycles. The predicted molar refractivity (Wildman–Crippen MR) is 107 cm³/mol. The fraction of sp³-hybridized carbons (Fsp3) is 0.174. The highest BCUT2D eigenvalue weighted by Crippen LogP contribution is 2.28. The summed E-state index contributed by atoms with van der Waals surface area (Å²) in [5, 5.41) is 5.19. The third kappa shape index (κ3) is 4.59. The van der Waals surface area contributed by atoms with Crippen molar-refractivity contribution in [3.8, 4) is 23.8 Å². The van der Waals surface area contributed by atoms with Crippen LogP contribution in [-0.2, 0) is 17.8 Å². The lowest BCUT2D eigenvalue weighted by Crippen LogP contribution is -2.24. The Hall–Kier alpha value is -3.45. The van der Waals surface area contributed by atoms with Crippen molar-refractivity contribution in [3.63, 3.8) is 0 Å². The summed E-state index contributed by atoms with van der Waals surface area (Å²) in [5.41, 5.74) is 1.92. The molecule has 0 unspecified atom stereocenters. The topological polar surface area (TPSA) is 47.6 Å². The van der Waals surface area contributed by atoms with E-state index < -0.39 is 0 Å². The first-order valence-corrected chi connectivity index (χ1v) is 8.68. The zero-order valence-electron chi connectivity index (χ0n) is 15.2. The molecule has 0 bridgehead atoms. The fourth-order valence-corrected chi connectivity index (χ4v) is 2.95. The minimum absolute atomic E-state index is 0.0340. The third-order valence-electron chi connectivity index (χ3n) is 4.26. The Balaban J connectivity index is 1.66. The highest BCUT2D eigenvalue weighted by atomic mass is 16.5. The number of benzene rings is 3. The molecule has 3 rings (SSSR count). The molecular weight excluding hydrogens is 338 g/mol. The van der Waals surface area contributed by atoms with Gasteiger partial charge in [-0.25, -0.2) is 0 Å². The molecule has 4 nitrogen and oxygen atoms in total. The van der Waals surface area contributed by atoms with Crippen LogP contribution in [0.15, 0.2) is 60.7 Å². The van der Waals surface area contributed by atoms with E-state index in [2.05, 4.69) is 11.2 Å². The minimum atomic E-state index is -0.0340. The van der Waals surface area contributed by atoms with Gasteiger partial charge < -0.3 is 14.8 Å². The number of hydrogen-bond donors (Lipinski definition) is 1. The van der Waals surface area contributed by atoms with Gasteiger partial charge in [0.1, 0.15) is 6.61 Å². The van der Waals surface area contributed by atoms with Gasteiger partial charge in [0.05, 0.1) is 13.5 Å². The van der Waals surface area contributed by atoms with Gasteiger partial charge in [-0.3, -0.25) is 4.79 Å². The number of hydrogen-bond acceptors (Lipinski definition) is 3. The molecule has 3 aromatic carbocycles. The SMILES string of the molecule is C#CCOc1cc(CNC(=O)Cc2cccc3ccccc23)ccc1OC. The molecule has 0 aliphatic carbocycles. The maximum absolute atomic E-state index is 12.4. The van der Waals surface area contributed by atoms with Crippen molar-refractivity contribution in [2.75, 3.05) is 13.7 Å². The molecule has 0 saturated heterocycles. The van der Waals surface area contributed by atoms with Crippen molar-refractivity contribution in [1.82, 2.24) is 5.32 Å². The van der Waals surface area contributed by atoms with Gasteiger partial charge in [0.25, 0.3) is 0 Å². The van der Waals surface area contributed by atoms with E-state index >= 15 is 0 Å². The largest absolute Gasteiger partial charge is 0.493 e. The number of ether oxygens (including phenoxy) is 2. The molecule has 4 heteroatoms. The van der Waals surface area contributed by atoms with Crippen LogP contribution in [-0.4, -0.2) is 19.6 Å². The molecule has 3 aromatic rings. The molecule has 1 N–H and O–H groups in total. The second-order valence-corrected chi connectivity index (χ2v) is 6.07. The number of carbonyl (C=O) groups excluding carboxylic acids is 1. The molecule has 0 aliphatic rings. The first-order chi connectivity index (χ1) is 13.2. The average Bonchev–Trinajstić information content (AvgIpc) is 2.71. The van der Waals surface area contributed by atoms with Crippen molar-refractivity contribution in [2.45, 2.75) is 13.0 Å². The predicted octanol–water partition coefficient (Wildman–Crippen LogP) is 3.72. The van der Waals surface area contributed by atoms with Gasteiger partial charge in [-0.15, -0.1) is 6.42 Å². The van der Waals surface area contributed by atoms with Crippen LogP contribution < -0.4 is 14.8 Å². The summed E-state index contributed by atoms with van der Waals surface area (Å²) in [6.45, 7) is 0.563. The highest BCUT2D eigenvalue weighted by molar-refractivity contribution is 5.90. The van der Waals surface area contributed by atoms with Crippen molar-refractivity contribution >= 4 is 16.7 Å². The van der Waals surface area contributed by atoms with E-state index in [1.165, 1.54) is 0 Å². The first-order valence-electron chi connectivity index (χ1n) is 8.68. The Labute approximate surface area is 159 Å². The summed E-state index contributed by atoms with van der Waals surface area (Å²) < 4.78 is 10.8. The van der Waals surface area contributed by atoms with Crippen LogP contribution in [0.25, 0.3) is 10.8 Å². The van der Waals surface area contributed by atoms with Gasteiger partial charge in [0.2, 0.25) is 5.91 Å². The lowest BCUT2D eigenvalue weighted by Gasteiger charge is -2.12. The van der Waals surface area contributed by atoms with E-state index in [1.807, 2.05) is 54.6 Å². The van der Waals surface area contributed by atoms with Crippen LogP contribution in [0.4, 0.5) is 0 Å². The normalized spacial score (nSPS) is 10.2. The number of rotatable bonds is 7. The molecule has 0 heterocycles. The second kappa shape index (κ2) is 8.77. The summed E-state index contributed by atoms with van der Waals surface area (Å²) in [5.74, 6) is 3.57. The van der Waals surface area contributed by atoms with Crippen molar-refractivity contribution in [2.24, 2.45) is 0 Å². The molecular formula is C23H21NO3. The maximum atomic E-state index is 12.4. The van der Waals surface area contributed by atoms with Gasteiger partial charge in [0.15, 0.2) is 11.5 Å². The van der Waals surface area contributed by atoms with E-state index in [-0.39, 0.29) is 12.5 Å². The maximum Gasteiger partial charge on any atom is 0.224 e. The monoisotopic (exact) mass is 359 g/mol. The van der Waals surface area contributed by atoms with Crippen molar-refractivity contribution < 1.29 is 14.3 Å². The number of carbonyl (C=O) groups is 1. The third-order valence-corrected chi connectivity index (χ3v) is 4.26. The van der Waals surface area contributed by atoms with Crippen LogP contribution in [0.1, 0.15) is 11.1 Å². The van der Waals surface area contributed by atoms with E-state index in [0.29, 0.717) is 24.5 Å². The van der Waals surface area contributed by atoms with Gasteiger partial charge in [-0.2, -0.15) is 0 Å². The fourth-order valence-electron chi connectivity index (χ4n) is 2.95. The van der Waals surface area contributed by atoms with Gasteiger partial charge >= 0.3 is 0 Å². The smallest absolute Gasteiger partial charge is 0.224 e. The highest BCUT2D eigenvalue weighted by Gasteiger charge is 2.09. The lowest BCUT2D eigenvalue weighted by molar-refractivity contribution is -0.120. The van der Waals surface area contributed by atoms with Gasteiger partial charge in [-0.1, -0.05) is 54.5 Å². The number of methoxy groups -OCH3 is 1. The summed E-state index contributed by atoms with van der Waals surface area (Å²) in [6.07, 6.45) is 5.58. The van der Waals surface area contributed by atoms with E-state index in [4.69, 9.17) is 15.9 Å². The number of amides is 1. The van der Waals surface area contributed by atoms with Crippen LogP contribution in [0.3, 0.4) is 0 Å². The lowest BCUT2D eigenvalue weighted by atomic mass is 10.0. The molecule has 0 fully saturated rings. The second-order valence-electron chi connectivity index (χ2n) is 6.07. The summed E-state index contributed by atoms with van der Waals surface area (Å²) in [4.78, 5) is 12.4. The number of terminal acetylenes is 1.